The first-order valence-electron chi connectivity index (χ1n) is 9.72. The van der Waals surface area contributed by atoms with E-state index in [1.54, 1.807) is 36.5 Å². The molecular formula is C21H23N3O5S. The Morgan fingerprint density at radius 2 is 1.93 bits per heavy atom. The van der Waals surface area contributed by atoms with Crippen LogP contribution in [0.4, 0.5) is 0 Å². The van der Waals surface area contributed by atoms with Gasteiger partial charge < -0.3 is 9.15 Å². The molecule has 1 fully saturated rings. The van der Waals surface area contributed by atoms with E-state index in [0.29, 0.717) is 43.9 Å². The van der Waals surface area contributed by atoms with Crippen LogP contribution in [0.3, 0.4) is 0 Å². The number of sulfonamides is 1. The molecular weight excluding hydrogens is 406 g/mol. The van der Waals surface area contributed by atoms with Crippen LogP contribution in [0.5, 0.6) is 0 Å². The summed E-state index contributed by atoms with van der Waals surface area (Å²) in [6.45, 7) is 2.60. The molecule has 1 saturated heterocycles. The Balaban J connectivity index is 1.48. The van der Waals surface area contributed by atoms with Gasteiger partial charge in [-0.25, -0.2) is 13.2 Å². The number of nitrogens with zero attached hydrogens (tertiary/aromatic N) is 3. The summed E-state index contributed by atoms with van der Waals surface area (Å²) in [5.74, 6) is 0.290. The summed E-state index contributed by atoms with van der Waals surface area (Å²) < 4.78 is 38.4. The summed E-state index contributed by atoms with van der Waals surface area (Å²) in [5, 5.41) is 0.800. The lowest BCUT2D eigenvalue weighted by atomic mass is 10.2. The molecule has 2 aromatic heterocycles. The number of hydrogen-bond acceptors (Lipinski definition) is 7. The number of ether oxygens (including phenoxy) is 1. The van der Waals surface area contributed by atoms with Gasteiger partial charge in [-0.3, -0.25) is 9.88 Å². The summed E-state index contributed by atoms with van der Waals surface area (Å²) >= 11 is 0. The quantitative estimate of drug-likeness (QED) is 0.575. The van der Waals surface area contributed by atoms with Crippen molar-refractivity contribution in [3.05, 3.63) is 60.2 Å². The van der Waals surface area contributed by atoms with Gasteiger partial charge in [0, 0.05) is 31.2 Å². The second-order valence-electron chi connectivity index (χ2n) is 7.12. The molecule has 9 heteroatoms. The second-order valence-corrected chi connectivity index (χ2v) is 9.03. The molecule has 0 saturated carbocycles. The summed E-state index contributed by atoms with van der Waals surface area (Å²) in [7, 11) is -2.35. The van der Waals surface area contributed by atoms with Crippen molar-refractivity contribution < 1.29 is 22.4 Å². The fourth-order valence-electron chi connectivity index (χ4n) is 3.66. The Hall–Kier alpha value is -2.75. The number of pyridine rings is 1. The largest absolute Gasteiger partial charge is 0.463 e. The van der Waals surface area contributed by atoms with Crippen LogP contribution < -0.4 is 0 Å². The van der Waals surface area contributed by atoms with E-state index < -0.39 is 16.0 Å². The average Bonchev–Trinajstić information content (AvgIpc) is 3.09. The van der Waals surface area contributed by atoms with Gasteiger partial charge in [0.1, 0.15) is 10.7 Å². The van der Waals surface area contributed by atoms with Gasteiger partial charge in [0.25, 0.3) is 0 Å². The number of aromatic nitrogens is 1. The molecule has 0 bridgehead atoms. The van der Waals surface area contributed by atoms with E-state index >= 15 is 0 Å². The predicted molar refractivity (Wildman–Crippen MR) is 110 cm³/mol. The fourth-order valence-corrected chi connectivity index (χ4v) is 5.30. The minimum Gasteiger partial charge on any atom is -0.463 e. The normalized spacial score (nSPS) is 16.4. The number of rotatable bonds is 5. The monoisotopic (exact) mass is 429 g/mol. The van der Waals surface area contributed by atoms with Crippen LogP contribution >= 0.6 is 0 Å². The number of hydrogen-bond donors (Lipinski definition) is 0. The smallest absolute Gasteiger partial charge is 0.373 e. The SMILES string of the molecule is COC(=O)c1ccc(CN2CCCN(S(=O)(=O)c3cccc4cccnc34)CC2)o1. The molecule has 1 aliphatic heterocycles. The molecule has 8 nitrogen and oxygen atoms in total. The molecule has 0 aliphatic carbocycles. The Bertz CT molecular complexity index is 1150. The highest BCUT2D eigenvalue weighted by Crippen LogP contribution is 2.25. The number of furan rings is 1. The summed E-state index contributed by atoms with van der Waals surface area (Å²) in [5.41, 5.74) is 0.493. The number of carbonyl (C=O) groups is 1. The lowest BCUT2D eigenvalue weighted by molar-refractivity contribution is 0.0561. The van der Waals surface area contributed by atoms with Gasteiger partial charge in [-0.2, -0.15) is 4.31 Å². The van der Waals surface area contributed by atoms with Crippen molar-refractivity contribution in [2.45, 2.75) is 17.9 Å². The van der Waals surface area contributed by atoms with E-state index in [2.05, 4.69) is 14.6 Å². The highest BCUT2D eigenvalue weighted by Gasteiger charge is 2.29. The van der Waals surface area contributed by atoms with Crippen molar-refractivity contribution in [3.63, 3.8) is 0 Å². The fraction of sp³-hybridized carbons (Fsp3) is 0.333. The van der Waals surface area contributed by atoms with Crippen molar-refractivity contribution in [3.8, 4) is 0 Å². The minimum absolute atomic E-state index is 0.162. The Kier molecular flexibility index (Phi) is 5.85. The van der Waals surface area contributed by atoms with Crippen LogP contribution in [0.1, 0.15) is 22.7 Å². The second kappa shape index (κ2) is 8.55. The third kappa shape index (κ3) is 4.09. The van der Waals surface area contributed by atoms with E-state index in [1.807, 2.05) is 12.1 Å². The van der Waals surface area contributed by atoms with E-state index in [9.17, 15) is 13.2 Å². The average molecular weight is 429 g/mol. The topological polar surface area (TPSA) is 93.0 Å². The first kappa shape index (κ1) is 20.5. The molecule has 0 unspecified atom stereocenters. The molecule has 4 rings (SSSR count). The molecule has 0 N–H and O–H groups in total. The first-order chi connectivity index (χ1) is 14.5. The highest BCUT2D eigenvalue weighted by molar-refractivity contribution is 7.89. The Morgan fingerprint density at radius 1 is 1.10 bits per heavy atom. The molecule has 158 valence electrons. The zero-order valence-corrected chi connectivity index (χ0v) is 17.5. The molecule has 1 aliphatic rings. The number of fused-ring (bicyclic) bond motifs is 1. The highest BCUT2D eigenvalue weighted by atomic mass is 32.2. The molecule has 3 heterocycles. The standard InChI is InChI=1S/C21H23N3O5S/c1-28-21(25)18-9-8-17(29-18)15-23-11-4-12-24(14-13-23)30(26,27)19-7-2-5-16-6-3-10-22-20(16)19/h2-3,5-10H,4,11-15H2,1H3. The molecule has 0 radical (unpaired) electrons. The van der Waals surface area contributed by atoms with Gasteiger partial charge in [0.2, 0.25) is 15.8 Å². The first-order valence-corrected chi connectivity index (χ1v) is 11.2. The number of esters is 1. The number of benzene rings is 1. The van der Waals surface area contributed by atoms with Gasteiger partial charge in [-0.15, -0.1) is 0 Å². The van der Waals surface area contributed by atoms with Crippen molar-refractivity contribution >= 4 is 26.9 Å². The van der Waals surface area contributed by atoms with Gasteiger partial charge in [-0.05, 0) is 37.2 Å². The van der Waals surface area contributed by atoms with Gasteiger partial charge in [0.05, 0.1) is 19.2 Å². The van der Waals surface area contributed by atoms with Crippen molar-refractivity contribution in [1.82, 2.24) is 14.2 Å². The third-order valence-electron chi connectivity index (χ3n) is 5.19. The van der Waals surface area contributed by atoms with Crippen LogP contribution in [-0.4, -0.2) is 61.9 Å². The summed E-state index contributed by atoms with van der Waals surface area (Å²) in [6.07, 6.45) is 2.31. The molecule has 3 aromatic rings. The summed E-state index contributed by atoms with van der Waals surface area (Å²) in [4.78, 5) is 18.2. The third-order valence-corrected chi connectivity index (χ3v) is 7.12. The molecule has 1 aromatic carbocycles. The van der Waals surface area contributed by atoms with E-state index in [-0.39, 0.29) is 10.7 Å². The number of methoxy groups -OCH3 is 1. The van der Waals surface area contributed by atoms with Crippen LogP contribution in [-0.2, 0) is 21.3 Å². The predicted octanol–water partition coefficient (Wildman–Crippen LogP) is 2.51. The Morgan fingerprint density at radius 3 is 2.77 bits per heavy atom. The van der Waals surface area contributed by atoms with Crippen molar-refractivity contribution in [2.75, 3.05) is 33.3 Å². The zero-order chi connectivity index (χ0) is 21.1. The van der Waals surface area contributed by atoms with E-state index in [0.717, 1.165) is 11.9 Å². The molecule has 0 spiro atoms. The lowest BCUT2D eigenvalue weighted by Crippen LogP contribution is -2.35. The molecule has 0 atom stereocenters. The summed E-state index contributed by atoms with van der Waals surface area (Å²) in [6, 6.07) is 12.2. The van der Waals surface area contributed by atoms with Gasteiger partial charge in [0.15, 0.2) is 0 Å². The Labute approximate surface area is 175 Å². The molecule has 0 amide bonds. The minimum atomic E-state index is -3.66. The number of para-hydroxylation sites is 1. The van der Waals surface area contributed by atoms with Crippen molar-refractivity contribution in [1.29, 1.82) is 0 Å². The van der Waals surface area contributed by atoms with E-state index in [4.69, 9.17) is 4.42 Å². The van der Waals surface area contributed by atoms with Crippen LogP contribution in [0.15, 0.2) is 58.0 Å². The molecule has 30 heavy (non-hydrogen) atoms. The van der Waals surface area contributed by atoms with Crippen LogP contribution in [0, 0.1) is 0 Å². The van der Waals surface area contributed by atoms with Crippen LogP contribution in [0.2, 0.25) is 0 Å². The number of carbonyl (C=O) groups excluding carboxylic acids is 1. The van der Waals surface area contributed by atoms with Crippen molar-refractivity contribution in [2.24, 2.45) is 0 Å². The maximum atomic E-state index is 13.3. The lowest BCUT2D eigenvalue weighted by Gasteiger charge is -2.21. The van der Waals surface area contributed by atoms with Gasteiger partial charge in [-0.1, -0.05) is 18.2 Å². The zero-order valence-electron chi connectivity index (χ0n) is 16.7. The van der Waals surface area contributed by atoms with Gasteiger partial charge >= 0.3 is 5.97 Å². The van der Waals surface area contributed by atoms with Crippen LogP contribution in [0.25, 0.3) is 10.9 Å². The van der Waals surface area contributed by atoms with E-state index in [1.165, 1.54) is 11.4 Å². The maximum absolute atomic E-state index is 13.3. The maximum Gasteiger partial charge on any atom is 0.373 e.